The highest BCUT2D eigenvalue weighted by Crippen LogP contribution is 2.36. The van der Waals surface area contributed by atoms with Gasteiger partial charge < -0.3 is 5.11 Å². The quantitative estimate of drug-likeness (QED) is 0.460. The summed E-state index contributed by atoms with van der Waals surface area (Å²) in [5.74, 6) is -1.04. The van der Waals surface area contributed by atoms with Crippen molar-refractivity contribution in [2.45, 2.75) is 0 Å². The molecule has 0 bridgehead atoms. The van der Waals surface area contributed by atoms with Crippen LogP contribution >= 0.6 is 34.5 Å². The molecule has 0 fully saturated rings. The van der Waals surface area contributed by atoms with E-state index in [2.05, 4.69) is 4.98 Å². The molecular weight excluding hydrogens is 365 g/mol. The zero-order chi connectivity index (χ0) is 16.8. The maximum atomic E-state index is 11.7. The molecule has 3 nitrogen and oxygen atoms in total. The molecule has 0 aliphatic heterocycles. The molecule has 4 rings (SSSR count). The molecule has 0 unspecified atom stereocenters. The molecule has 0 atom stereocenters. The van der Waals surface area contributed by atoms with Gasteiger partial charge in [-0.05, 0) is 35.7 Å². The Balaban J connectivity index is 2.04. The highest BCUT2D eigenvalue weighted by atomic mass is 35.5. The number of fused-ring (bicyclic) bond motifs is 2. The van der Waals surface area contributed by atoms with E-state index < -0.39 is 5.97 Å². The summed E-state index contributed by atoms with van der Waals surface area (Å²) in [5.41, 5.74) is 1.16. The van der Waals surface area contributed by atoms with Crippen molar-refractivity contribution >= 4 is 61.5 Å². The summed E-state index contributed by atoms with van der Waals surface area (Å²) in [7, 11) is 0. The molecule has 6 heteroatoms. The summed E-state index contributed by atoms with van der Waals surface area (Å²) in [6, 6.07) is 14.7. The fraction of sp³-hybridized carbons (Fsp3) is 0. The lowest BCUT2D eigenvalue weighted by Gasteiger charge is -2.07. The third kappa shape index (κ3) is 2.53. The van der Waals surface area contributed by atoms with Crippen LogP contribution in [0.25, 0.3) is 31.6 Å². The van der Waals surface area contributed by atoms with Gasteiger partial charge in [-0.2, -0.15) is 0 Å². The Morgan fingerprint density at radius 1 is 1.08 bits per heavy atom. The van der Waals surface area contributed by atoms with Gasteiger partial charge in [0, 0.05) is 15.1 Å². The van der Waals surface area contributed by atoms with Crippen LogP contribution < -0.4 is 0 Å². The molecule has 0 aliphatic rings. The minimum absolute atomic E-state index is 0.136. The van der Waals surface area contributed by atoms with E-state index in [0.717, 1.165) is 15.0 Å². The van der Waals surface area contributed by atoms with E-state index in [9.17, 15) is 9.90 Å². The van der Waals surface area contributed by atoms with E-state index >= 15 is 0 Å². The van der Waals surface area contributed by atoms with Gasteiger partial charge in [-0.3, -0.25) is 0 Å². The molecule has 2 aromatic heterocycles. The Kier molecular flexibility index (Phi) is 3.68. The van der Waals surface area contributed by atoms with E-state index in [1.807, 2.05) is 30.3 Å². The predicted octanol–water partition coefficient (Wildman–Crippen LogP) is 6.12. The number of nitrogens with zero attached hydrogens (tertiary/aromatic N) is 1. The standard InChI is InChI=1S/C18H9Cl2NO2S/c19-10-6-11-12(18(22)23)8-14(21-17(11)13(20)7-10)16-5-9-3-1-2-4-15(9)24-16/h1-8H,(H,22,23). The van der Waals surface area contributed by atoms with Crippen molar-refractivity contribution < 1.29 is 9.90 Å². The first-order valence-corrected chi connectivity index (χ1v) is 8.62. The van der Waals surface area contributed by atoms with Crippen LogP contribution in [0.3, 0.4) is 0 Å². The molecule has 2 heterocycles. The Morgan fingerprint density at radius 2 is 1.88 bits per heavy atom. The fourth-order valence-electron chi connectivity index (χ4n) is 2.66. The van der Waals surface area contributed by atoms with Gasteiger partial charge in [0.15, 0.2) is 0 Å². The number of rotatable bonds is 2. The van der Waals surface area contributed by atoms with Gasteiger partial charge in [-0.25, -0.2) is 9.78 Å². The Bertz CT molecular complexity index is 1090. The summed E-state index contributed by atoms with van der Waals surface area (Å²) in [6.45, 7) is 0. The first kappa shape index (κ1) is 15.4. The van der Waals surface area contributed by atoms with Crippen molar-refractivity contribution in [3.63, 3.8) is 0 Å². The minimum Gasteiger partial charge on any atom is -0.478 e. The van der Waals surface area contributed by atoms with Crippen LogP contribution in [0.4, 0.5) is 0 Å². The van der Waals surface area contributed by atoms with Crippen LogP contribution in [-0.2, 0) is 0 Å². The SMILES string of the molecule is O=C(O)c1cc(-c2cc3ccccc3s2)nc2c(Cl)cc(Cl)cc12. The molecule has 0 saturated carbocycles. The minimum atomic E-state index is -1.04. The summed E-state index contributed by atoms with van der Waals surface area (Å²) in [6.07, 6.45) is 0. The van der Waals surface area contributed by atoms with Crippen LogP contribution in [0.1, 0.15) is 10.4 Å². The number of carboxylic acid groups (broad SMARTS) is 1. The highest BCUT2D eigenvalue weighted by Gasteiger charge is 2.17. The number of hydrogen-bond donors (Lipinski definition) is 1. The van der Waals surface area contributed by atoms with Crippen molar-refractivity contribution in [1.29, 1.82) is 0 Å². The summed E-state index contributed by atoms with van der Waals surface area (Å²) < 4.78 is 1.12. The molecule has 0 spiro atoms. The molecule has 1 N–H and O–H groups in total. The smallest absolute Gasteiger partial charge is 0.336 e. The molecule has 4 aromatic rings. The van der Waals surface area contributed by atoms with Gasteiger partial charge in [-0.1, -0.05) is 41.4 Å². The van der Waals surface area contributed by atoms with Crippen molar-refractivity contribution in [3.8, 4) is 10.6 Å². The summed E-state index contributed by atoms with van der Waals surface area (Å²) in [5, 5.41) is 11.8. The van der Waals surface area contributed by atoms with E-state index in [1.54, 1.807) is 29.5 Å². The van der Waals surface area contributed by atoms with Crippen LogP contribution in [0.2, 0.25) is 10.0 Å². The normalized spacial score (nSPS) is 11.2. The second-order valence-electron chi connectivity index (χ2n) is 5.29. The van der Waals surface area contributed by atoms with E-state index in [4.69, 9.17) is 23.2 Å². The van der Waals surface area contributed by atoms with Crippen molar-refractivity contribution in [2.24, 2.45) is 0 Å². The van der Waals surface area contributed by atoms with Gasteiger partial charge in [0.1, 0.15) is 0 Å². The molecule has 2 aromatic carbocycles. The molecule has 0 radical (unpaired) electrons. The lowest BCUT2D eigenvalue weighted by molar-refractivity contribution is 0.0699. The van der Waals surface area contributed by atoms with Gasteiger partial charge in [0.05, 0.1) is 26.7 Å². The predicted molar refractivity (Wildman–Crippen MR) is 99.5 cm³/mol. The monoisotopic (exact) mass is 373 g/mol. The number of pyridine rings is 1. The zero-order valence-corrected chi connectivity index (χ0v) is 14.4. The van der Waals surface area contributed by atoms with Crippen LogP contribution in [-0.4, -0.2) is 16.1 Å². The van der Waals surface area contributed by atoms with Gasteiger partial charge in [-0.15, -0.1) is 11.3 Å². The van der Waals surface area contributed by atoms with Crippen molar-refractivity contribution in [3.05, 3.63) is 64.1 Å². The lowest BCUT2D eigenvalue weighted by Crippen LogP contribution is -2.00. The van der Waals surface area contributed by atoms with Crippen molar-refractivity contribution in [2.75, 3.05) is 0 Å². The molecule has 0 aliphatic carbocycles. The summed E-state index contributed by atoms with van der Waals surface area (Å²) >= 11 is 13.8. The Hall–Kier alpha value is -2.14. The number of hydrogen-bond acceptors (Lipinski definition) is 3. The number of aromatic carboxylic acids is 1. The topological polar surface area (TPSA) is 50.2 Å². The molecule has 0 saturated heterocycles. The van der Waals surface area contributed by atoms with E-state index in [1.165, 1.54) is 0 Å². The maximum absolute atomic E-state index is 11.7. The first-order chi connectivity index (χ1) is 11.5. The van der Waals surface area contributed by atoms with Crippen LogP contribution in [0.5, 0.6) is 0 Å². The number of carbonyl (C=O) groups is 1. The maximum Gasteiger partial charge on any atom is 0.336 e. The van der Waals surface area contributed by atoms with E-state index in [-0.39, 0.29) is 5.56 Å². The Labute approximate surface area is 151 Å². The number of benzene rings is 2. The molecule has 118 valence electrons. The average molecular weight is 374 g/mol. The number of aromatic nitrogens is 1. The van der Waals surface area contributed by atoms with Gasteiger partial charge in [0.25, 0.3) is 0 Å². The highest BCUT2D eigenvalue weighted by molar-refractivity contribution is 7.22. The van der Waals surface area contributed by atoms with E-state index in [0.29, 0.717) is 26.6 Å². The summed E-state index contributed by atoms with van der Waals surface area (Å²) in [4.78, 5) is 17.2. The third-order valence-electron chi connectivity index (χ3n) is 3.74. The second kappa shape index (κ2) is 5.74. The van der Waals surface area contributed by atoms with Gasteiger partial charge >= 0.3 is 5.97 Å². The molecule has 24 heavy (non-hydrogen) atoms. The lowest BCUT2D eigenvalue weighted by atomic mass is 10.1. The Morgan fingerprint density at radius 3 is 2.62 bits per heavy atom. The van der Waals surface area contributed by atoms with Crippen LogP contribution in [0, 0.1) is 0 Å². The zero-order valence-electron chi connectivity index (χ0n) is 12.1. The number of halogens is 2. The second-order valence-corrected chi connectivity index (χ2v) is 7.22. The van der Waals surface area contributed by atoms with Crippen molar-refractivity contribution in [1.82, 2.24) is 4.98 Å². The van der Waals surface area contributed by atoms with Crippen LogP contribution in [0.15, 0.2) is 48.5 Å². The number of thiophene rings is 1. The third-order valence-corrected chi connectivity index (χ3v) is 5.38. The average Bonchev–Trinajstić information content (AvgIpc) is 2.98. The first-order valence-electron chi connectivity index (χ1n) is 7.05. The van der Waals surface area contributed by atoms with Gasteiger partial charge in [0.2, 0.25) is 0 Å². The molecule has 0 amide bonds. The largest absolute Gasteiger partial charge is 0.478 e. The number of carboxylic acids is 1. The molecular formula is C18H9Cl2NO2S. The fourth-order valence-corrected chi connectivity index (χ4v) is 4.22.